The average molecular weight is 359 g/mol. The molecule has 2 aromatic rings. The molecule has 6 heteroatoms. The van der Waals surface area contributed by atoms with E-state index in [1.54, 1.807) is 24.3 Å². The maximum absolute atomic E-state index is 12.5. The molecule has 0 unspecified atom stereocenters. The van der Waals surface area contributed by atoms with Gasteiger partial charge in [0.15, 0.2) is 11.5 Å². The predicted molar refractivity (Wildman–Crippen MR) is 97.6 cm³/mol. The zero-order valence-corrected chi connectivity index (χ0v) is 15.3. The number of nitriles is 1. The number of methoxy groups -OCH3 is 2. The van der Waals surface area contributed by atoms with Crippen molar-refractivity contribution < 1.29 is 14.3 Å². The number of amides is 1. The maximum atomic E-state index is 12.5. The Hall–Kier alpha value is -2.71. The molecule has 2 rings (SSSR count). The molecular weight excluding hydrogens is 340 g/mol. The van der Waals surface area contributed by atoms with Crippen LogP contribution >= 0.6 is 11.6 Å². The minimum Gasteiger partial charge on any atom is -0.493 e. The average Bonchev–Trinajstić information content (AvgIpc) is 2.61. The Morgan fingerprint density at radius 1 is 1.12 bits per heavy atom. The third-order valence-corrected chi connectivity index (χ3v) is 4.25. The molecule has 2 aromatic carbocycles. The normalized spacial score (nSPS) is 10.7. The quantitative estimate of drug-likeness (QED) is 0.859. The van der Waals surface area contributed by atoms with Crippen molar-refractivity contribution in [2.24, 2.45) is 0 Å². The molecule has 0 aliphatic carbocycles. The molecule has 0 aromatic heterocycles. The summed E-state index contributed by atoms with van der Waals surface area (Å²) in [6.45, 7) is 3.67. The van der Waals surface area contributed by atoms with E-state index in [1.165, 1.54) is 14.2 Å². The van der Waals surface area contributed by atoms with Crippen LogP contribution in [-0.2, 0) is 5.41 Å². The van der Waals surface area contributed by atoms with Crippen LogP contribution in [0, 0.1) is 11.3 Å². The highest BCUT2D eigenvalue weighted by atomic mass is 35.5. The van der Waals surface area contributed by atoms with Crippen LogP contribution in [0.1, 0.15) is 29.8 Å². The third-order valence-electron chi connectivity index (χ3n) is 3.87. The second-order valence-corrected chi connectivity index (χ2v) is 6.31. The van der Waals surface area contributed by atoms with E-state index >= 15 is 0 Å². The Morgan fingerprint density at radius 3 is 2.28 bits per heavy atom. The molecule has 0 saturated heterocycles. The Balaban J connectivity index is 2.25. The van der Waals surface area contributed by atoms with E-state index in [4.69, 9.17) is 21.1 Å². The molecule has 0 radical (unpaired) electrons. The third kappa shape index (κ3) is 3.86. The Morgan fingerprint density at radius 2 is 1.76 bits per heavy atom. The molecule has 0 atom stereocenters. The van der Waals surface area contributed by atoms with Gasteiger partial charge in [0.2, 0.25) is 0 Å². The SMILES string of the molecule is COc1ccc(C(=O)Nc2ccc(C(C)(C)C#N)cc2)c(Cl)c1OC. The molecule has 0 aliphatic rings. The molecule has 130 valence electrons. The van der Waals surface area contributed by atoms with Crippen molar-refractivity contribution in [2.45, 2.75) is 19.3 Å². The van der Waals surface area contributed by atoms with Crippen LogP contribution in [0.3, 0.4) is 0 Å². The smallest absolute Gasteiger partial charge is 0.257 e. The van der Waals surface area contributed by atoms with E-state index in [-0.39, 0.29) is 16.5 Å². The molecule has 25 heavy (non-hydrogen) atoms. The van der Waals surface area contributed by atoms with Gasteiger partial charge in [0.05, 0.1) is 36.3 Å². The lowest BCUT2D eigenvalue weighted by molar-refractivity contribution is 0.102. The van der Waals surface area contributed by atoms with Gasteiger partial charge < -0.3 is 14.8 Å². The van der Waals surface area contributed by atoms with Gasteiger partial charge in [-0.3, -0.25) is 4.79 Å². The van der Waals surface area contributed by atoms with E-state index in [0.29, 0.717) is 17.2 Å². The Kier molecular flexibility index (Phi) is 5.55. The second kappa shape index (κ2) is 7.45. The summed E-state index contributed by atoms with van der Waals surface area (Å²) in [6.07, 6.45) is 0. The number of halogens is 1. The highest BCUT2D eigenvalue weighted by Crippen LogP contribution is 2.37. The standard InChI is InChI=1S/C19H19ClN2O3/c1-19(2,11-21)12-5-7-13(8-6-12)22-18(23)14-9-10-15(24-3)17(25-4)16(14)20/h5-10H,1-4H3,(H,22,23). The zero-order chi connectivity index (χ0) is 18.6. The molecule has 0 saturated carbocycles. The Labute approximate surface area is 152 Å². The van der Waals surface area contributed by atoms with Gasteiger partial charge in [-0.2, -0.15) is 5.26 Å². The zero-order valence-electron chi connectivity index (χ0n) is 14.5. The molecule has 0 heterocycles. The summed E-state index contributed by atoms with van der Waals surface area (Å²) in [5, 5.41) is 12.1. The number of rotatable bonds is 5. The summed E-state index contributed by atoms with van der Waals surface area (Å²) in [5.74, 6) is 0.397. The summed E-state index contributed by atoms with van der Waals surface area (Å²) in [4.78, 5) is 12.5. The number of benzene rings is 2. The first-order valence-corrected chi connectivity index (χ1v) is 7.95. The number of nitrogens with one attached hydrogen (secondary N) is 1. The molecule has 0 aliphatic heterocycles. The molecule has 0 bridgehead atoms. The first kappa shape index (κ1) is 18.6. The number of anilines is 1. The van der Waals surface area contributed by atoms with Crippen LogP contribution in [0.2, 0.25) is 5.02 Å². The molecule has 0 fully saturated rings. The monoisotopic (exact) mass is 358 g/mol. The van der Waals surface area contributed by atoms with Gasteiger partial charge in [-0.1, -0.05) is 23.7 Å². The maximum Gasteiger partial charge on any atom is 0.257 e. The number of hydrogen-bond donors (Lipinski definition) is 1. The highest BCUT2D eigenvalue weighted by Gasteiger charge is 2.20. The van der Waals surface area contributed by atoms with Gasteiger partial charge in [0, 0.05) is 5.69 Å². The minimum atomic E-state index is -0.588. The van der Waals surface area contributed by atoms with Crippen LogP contribution in [-0.4, -0.2) is 20.1 Å². The number of carbonyl (C=O) groups excluding carboxylic acids is 1. The van der Waals surface area contributed by atoms with Crippen molar-refractivity contribution in [1.29, 1.82) is 5.26 Å². The summed E-state index contributed by atoms with van der Waals surface area (Å²) >= 11 is 6.26. The van der Waals surface area contributed by atoms with Gasteiger partial charge >= 0.3 is 0 Å². The fourth-order valence-electron chi connectivity index (χ4n) is 2.30. The molecule has 1 amide bonds. The summed E-state index contributed by atoms with van der Waals surface area (Å²) in [5.41, 5.74) is 1.17. The van der Waals surface area contributed by atoms with Gasteiger partial charge in [0.1, 0.15) is 0 Å². The molecule has 5 nitrogen and oxygen atoms in total. The first-order chi connectivity index (χ1) is 11.8. The van der Waals surface area contributed by atoms with E-state index < -0.39 is 5.41 Å². The summed E-state index contributed by atoms with van der Waals surface area (Å²) in [6, 6.07) is 12.6. The number of nitrogens with zero attached hydrogens (tertiary/aromatic N) is 1. The first-order valence-electron chi connectivity index (χ1n) is 7.57. The van der Waals surface area contributed by atoms with Crippen LogP contribution in [0.4, 0.5) is 5.69 Å². The molecule has 1 N–H and O–H groups in total. The molecular formula is C19H19ClN2O3. The van der Waals surface area contributed by atoms with Crippen molar-refractivity contribution in [3.8, 4) is 17.6 Å². The van der Waals surface area contributed by atoms with Crippen molar-refractivity contribution in [3.63, 3.8) is 0 Å². The van der Waals surface area contributed by atoms with Gasteiger partial charge in [-0.25, -0.2) is 0 Å². The van der Waals surface area contributed by atoms with Gasteiger partial charge in [-0.15, -0.1) is 0 Å². The van der Waals surface area contributed by atoms with Crippen LogP contribution < -0.4 is 14.8 Å². The van der Waals surface area contributed by atoms with Crippen molar-refractivity contribution >= 4 is 23.2 Å². The van der Waals surface area contributed by atoms with E-state index in [9.17, 15) is 10.1 Å². The van der Waals surface area contributed by atoms with Crippen LogP contribution in [0.5, 0.6) is 11.5 Å². The van der Waals surface area contributed by atoms with E-state index in [0.717, 1.165) is 5.56 Å². The summed E-state index contributed by atoms with van der Waals surface area (Å²) < 4.78 is 10.4. The Bertz CT molecular complexity index is 824. The van der Waals surface area contributed by atoms with Crippen LogP contribution in [0.25, 0.3) is 0 Å². The lowest BCUT2D eigenvalue weighted by Gasteiger charge is -2.16. The fourth-order valence-corrected chi connectivity index (χ4v) is 2.62. The van der Waals surface area contributed by atoms with Gasteiger partial charge in [0.25, 0.3) is 5.91 Å². The number of carbonyl (C=O) groups is 1. The lowest BCUT2D eigenvalue weighted by Crippen LogP contribution is -2.15. The second-order valence-electron chi connectivity index (χ2n) is 5.93. The van der Waals surface area contributed by atoms with Crippen molar-refractivity contribution in [2.75, 3.05) is 19.5 Å². The fraction of sp³-hybridized carbons (Fsp3) is 0.263. The lowest BCUT2D eigenvalue weighted by atomic mass is 9.86. The van der Waals surface area contributed by atoms with Gasteiger partial charge in [-0.05, 0) is 43.7 Å². The minimum absolute atomic E-state index is 0.182. The topological polar surface area (TPSA) is 71.3 Å². The van der Waals surface area contributed by atoms with Crippen molar-refractivity contribution in [1.82, 2.24) is 0 Å². The highest BCUT2D eigenvalue weighted by molar-refractivity contribution is 6.36. The number of hydrogen-bond acceptors (Lipinski definition) is 4. The summed E-state index contributed by atoms with van der Waals surface area (Å²) in [7, 11) is 2.96. The number of ether oxygens (including phenoxy) is 2. The van der Waals surface area contributed by atoms with E-state index in [2.05, 4.69) is 11.4 Å². The molecule has 0 spiro atoms. The van der Waals surface area contributed by atoms with Crippen molar-refractivity contribution in [3.05, 3.63) is 52.5 Å². The van der Waals surface area contributed by atoms with Crippen LogP contribution in [0.15, 0.2) is 36.4 Å². The van der Waals surface area contributed by atoms with E-state index in [1.807, 2.05) is 26.0 Å². The largest absolute Gasteiger partial charge is 0.493 e. The predicted octanol–water partition coefficient (Wildman–Crippen LogP) is 4.41.